The number of nitrogens with zero attached hydrogens (tertiary/aromatic N) is 5. The standard InChI is InChI=1S/C25H25N5O4S/c1-2-29(14-20-16-33-21-9-3-4-10-22(21)34-20)23(31)17-35-25-28-27-24(18-7-5-11-26-13-18)30(25)15-19-8-6-12-32-19/h3-13,20H,2,14-17H2,1H3. The molecule has 5 rings (SSSR count). The van der Waals surface area contributed by atoms with E-state index in [4.69, 9.17) is 13.9 Å². The van der Waals surface area contributed by atoms with E-state index in [0.29, 0.717) is 43.0 Å². The van der Waals surface area contributed by atoms with Crippen LogP contribution < -0.4 is 9.47 Å². The molecule has 180 valence electrons. The summed E-state index contributed by atoms with van der Waals surface area (Å²) >= 11 is 1.35. The van der Waals surface area contributed by atoms with Crippen molar-refractivity contribution in [2.75, 3.05) is 25.4 Å². The van der Waals surface area contributed by atoms with Gasteiger partial charge in [0.25, 0.3) is 0 Å². The van der Waals surface area contributed by atoms with Crippen LogP contribution in [-0.2, 0) is 11.3 Å². The van der Waals surface area contributed by atoms with E-state index in [1.54, 1.807) is 23.6 Å². The lowest BCUT2D eigenvalue weighted by Crippen LogP contribution is -2.44. The van der Waals surface area contributed by atoms with Crippen LogP contribution in [0.15, 0.2) is 76.8 Å². The number of furan rings is 1. The minimum atomic E-state index is -0.224. The Bertz CT molecular complexity index is 1260. The second kappa shape index (κ2) is 10.6. The molecule has 1 aromatic carbocycles. The number of thioether (sulfide) groups is 1. The van der Waals surface area contributed by atoms with Crippen LogP contribution in [-0.4, -0.2) is 62.1 Å². The normalized spacial score (nSPS) is 14.6. The van der Waals surface area contributed by atoms with Gasteiger partial charge in [0, 0.05) is 24.5 Å². The second-order valence-electron chi connectivity index (χ2n) is 7.93. The predicted octanol–water partition coefficient (Wildman–Crippen LogP) is 3.76. The summed E-state index contributed by atoms with van der Waals surface area (Å²) in [7, 11) is 0. The van der Waals surface area contributed by atoms with Crippen LogP contribution in [0.1, 0.15) is 12.7 Å². The average molecular weight is 492 g/mol. The van der Waals surface area contributed by atoms with E-state index in [9.17, 15) is 4.79 Å². The van der Waals surface area contributed by atoms with E-state index in [0.717, 1.165) is 17.1 Å². The summed E-state index contributed by atoms with van der Waals surface area (Å²) < 4.78 is 19.3. The monoisotopic (exact) mass is 491 g/mol. The van der Waals surface area contributed by atoms with Gasteiger partial charge in [-0.15, -0.1) is 10.2 Å². The molecule has 0 saturated carbocycles. The molecule has 1 aliphatic heterocycles. The largest absolute Gasteiger partial charge is 0.486 e. The Labute approximate surface area is 207 Å². The number of hydrogen-bond acceptors (Lipinski definition) is 8. The van der Waals surface area contributed by atoms with E-state index in [-0.39, 0.29) is 17.8 Å². The first-order valence-corrected chi connectivity index (χ1v) is 12.3. The Morgan fingerprint density at radius 3 is 2.80 bits per heavy atom. The summed E-state index contributed by atoms with van der Waals surface area (Å²) in [5.41, 5.74) is 0.842. The number of fused-ring (bicyclic) bond motifs is 1. The van der Waals surface area contributed by atoms with Gasteiger partial charge in [-0.3, -0.25) is 14.3 Å². The van der Waals surface area contributed by atoms with Crippen LogP contribution in [0.25, 0.3) is 11.4 Å². The number of pyridine rings is 1. The van der Waals surface area contributed by atoms with Crippen LogP contribution in [0.5, 0.6) is 11.5 Å². The van der Waals surface area contributed by atoms with Crippen LogP contribution in [0, 0.1) is 0 Å². The number of hydrogen-bond donors (Lipinski definition) is 0. The molecule has 1 atom stereocenters. The van der Waals surface area contributed by atoms with Crippen molar-refractivity contribution in [2.24, 2.45) is 0 Å². The number of aromatic nitrogens is 4. The maximum absolute atomic E-state index is 13.1. The first-order chi connectivity index (χ1) is 17.2. The Kier molecular flexibility index (Phi) is 6.99. The summed E-state index contributed by atoms with van der Waals surface area (Å²) in [6, 6.07) is 15.1. The van der Waals surface area contributed by atoms with Crippen molar-refractivity contribution < 1.29 is 18.7 Å². The minimum absolute atomic E-state index is 0.00423. The molecule has 35 heavy (non-hydrogen) atoms. The number of likely N-dealkylation sites (N-methyl/N-ethyl adjacent to an activating group) is 1. The number of rotatable bonds is 9. The molecule has 0 bridgehead atoms. The third-order valence-electron chi connectivity index (χ3n) is 5.58. The van der Waals surface area contributed by atoms with E-state index in [2.05, 4.69) is 15.2 Å². The van der Waals surface area contributed by atoms with Gasteiger partial charge in [0.05, 0.1) is 25.1 Å². The van der Waals surface area contributed by atoms with Gasteiger partial charge in [-0.1, -0.05) is 23.9 Å². The lowest BCUT2D eigenvalue weighted by atomic mass is 10.2. The molecule has 1 amide bonds. The van der Waals surface area contributed by atoms with Crippen LogP contribution in [0.3, 0.4) is 0 Å². The van der Waals surface area contributed by atoms with E-state index >= 15 is 0 Å². The first kappa shape index (κ1) is 23.0. The summed E-state index contributed by atoms with van der Waals surface area (Å²) in [5.74, 6) is 3.10. The highest BCUT2D eigenvalue weighted by atomic mass is 32.2. The van der Waals surface area contributed by atoms with E-state index in [1.165, 1.54) is 11.8 Å². The zero-order valence-corrected chi connectivity index (χ0v) is 20.1. The van der Waals surface area contributed by atoms with Gasteiger partial charge in [-0.25, -0.2) is 0 Å². The molecule has 4 aromatic rings. The van der Waals surface area contributed by atoms with Crippen molar-refractivity contribution in [1.29, 1.82) is 0 Å². The molecule has 0 aliphatic carbocycles. The summed E-state index contributed by atoms with van der Waals surface area (Å²) in [6.45, 7) is 3.83. The molecule has 0 fully saturated rings. The topological polar surface area (TPSA) is 95.5 Å². The Morgan fingerprint density at radius 2 is 2.03 bits per heavy atom. The molecular weight excluding hydrogens is 466 g/mol. The summed E-state index contributed by atoms with van der Waals surface area (Å²) in [6.07, 6.45) is 4.86. The van der Waals surface area contributed by atoms with E-state index < -0.39 is 0 Å². The summed E-state index contributed by atoms with van der Waals surface area (Å²) in [4.78, 5) is 19.1. The zero-order valence-electron chi connectivity index (χ0n) is 19.2. The average Bonchev–Trinajstić information content (AvgIpc) is 3.56. The fourth-order valence-electron chi connectivity index (χ4n) is 3.83. The first-order valence-electron chi connectivity index (χ1n) is 11.4. The molecule has 9 nitrogen and oxygen atoms in total. The highest BCUT2D eigenvalue weighted by Crippen LogP contribution is 2.31. The number of carbonyl (C=O) groups excluding carboxylic acids is 1. The molecule has 3 aromatic heterocycles. The highest BCUT2D eigenvalue weighted by Gasteiger charge is 2.25. The van der Waals surface area contributed by atoms with E-state index in [1.807, 2.05) is 60.0 Å². The van der Waals surface area contributed by atoms with Gasteiger partial charge in [-0.05, 0) is 43.3 Å². The van der Waals surface area contributed by atoms with Crippen LogP contribution >= 0.6 is 11.8 Å². The van der Waals surface area contributed by atoms with Gasteiger partial charge in [-0.2, -0.15) is 0 Å². The minimum Gasteiger partial charge on any atom is -0.486 e. The molecular formula is C25H25N5O4S. The zero-order chi connectivity index (χ0) is 24.0. The molecule has 0 radical (unpaired) electrons. The Balaban J connectivity index is 1.26. The fourth-order valence-corrected chi connectivity index (χ4v) is 4.67. The van der Waals surface area contributed by atoms with Crippen molar-refractivity contribution in [1.82, 2.24) is 24.6 Å². The number of benzene rings is 1. The number of amides is 1. The number of carbonyl (C=O) groups is 1. The lowest BCUT2D eigenvalue weighted by molar-refractivity contribution is -0.129. The van der Waals surface area contributed by atoms with Gasteiger partial charge in [0.2, 0.25) is 5.91 Å². The van der Waals surface area contributed by atoms with Gasteiger partial charge < -0.3 is 18.8 Å². The maximum Gasteiger partial charge on any atom is 0.233 e. The molecule has 0 saturated heterocycles. The third kappa shape index (κ3) is 5.32. The molecule has 10 heteroatoms. The maximum atomic E-state index is 13.1. The molecule has 0 spiro atoms. The number of ether oxygens (including phenoxy) is 2. The smallest absolute Gasteiger partial charge is 0.233 e. The second-order valence-corrected chi connectivity index (χ2v) is 8.87. The Hall–Kier alpha value is -3.79. The van der Waals surface area contributed by atoms with Crippen molar-refractivity contribution in [3.63, 3.8) is 0 Å². The van der Waals surface area contributed by atoms with Gasteiger partial charge in [0.1, 0.15) is 12.4 Å². The van der Waals surface area contributed by atoms with Crippen molar-refractivity contribution in [3.05, 3.63) is 72.9 Å². The van der Waals surface area contributed by atoms with Crippen molar-refractivity contribution >= 4 is 17.7 Å². The van der Waals surface area contributed by atoms with Crippen LogP contribution in [0.4, 0.5) is 0 Å². The quantitative estimate of drug-likeness (QED) is 0.327. The van der Waals surface area contributed by atoms with Crippen LogP contribution in [0.2, 0.25) is 0 Å². The van der Waals surface area contributed by atoms with Gasteiger partial charge >= 0.3 is 0 Å². The lowest BCUT2D eigenvalue weighted by Gasteiger charge is -2.30. The highest BCUT2D eigenvalue weighted by molar-refractivity contribution is 7.99. The predicted molar refractivity (Wildman–Crippen MR) is 130 cm³/mol. The molecule has 1 unspecified atom stereocenters. The third-order valence-corrected chi connectivity index (χ3v) is 6.53. The molecule has 1 aliphatic rings. The fraction of sp³-hybridized carbons (Fsp3) is 0.280. The van der Waals surface area contributed by atoms with Crippen molar-refractivity contribution in [3.8, 4) is 22.9 Å². The molecule has 4 heterocycles. The van der Waals surface area contributed by atoms with Crippen molar-refractivity contribution in [2.45, 2.75) is 24.7 Å². The SMILES string of the molecule is CCN(CC1COc2ccccc2O1)C(=O)CSc1nnc(-c2cccnc2)n1Cc1ccco1. The summed E-state index contributed by atoms with van der Waals surface area (Å²) in [5, 5.41) is 9.37. The number of para-hydroxylation sites is 2. The Morgan fingerprint density at radius 1 is 1.14 bits per heavy atom. The molecule has 0 N–H and O–H groups in total. The van der Waals surface area contributed by atoms with Gasteiger partial charge in [0.15, 0.2) is 28.6 Å².